The fourth-order valence-electron chi connectivity index (χ4n) is 0.604. The van der Waals surface area contributed by atoms with E-state index in [1.165, 1.54) is 0 Å². The minimum absolute atomic E-state index is 0.0332. The van der Waals surface area contributed by atoms with Crippen molar-refractivity contribution in [2.24, 2.45) is 0 Å². The molecule has 62 valence electrons. The monoisotopic (exact) mass is 281 g/mol. The third-order valence-corrected chi connectivity index (χ3v) is 2.80. The summed E-state index contributed by atoms with van der Waals surface area (Å²) in [4.78, 5) is 4.18. The van der Waals surface area contributed by atoms with Crippen LogP contribution in [0.5, 0.6) is 0 Å². The van der Waals surface area contributed by atoms with E-state index in [1.807, 2.05) is 0 Å². The predicted molar refractivity (Wildman–Crippen MR) is 50.6 cm³/mol. The first-order valence-corrected chi connectivity index (χ1v) is 4.82. The van der Waals surface area contributed by atoms with Crippen molar-refractivity contribution in [3.63, 3.8) is 0 Å². The number of halogens is 2. The van der Waals surface area contributed by atoms with Crippen molar-refractivity contribution in [1.29, 1.82) is 0 Å². The van der Waals surface area contributed by atoms with E-state index >= 15 is 0 Å². The van der Waals surface area contributed by atoms with Gasteiger partial charge in [0.15, 0.2) is 4.60 Å². The average Bonchev–Trinajstić information content (AvgIpc) is 2.11. The first-order valence-electron chi connectivity index (χ1n) is 3.23. The topological polar surface area (TPSA) is 26.0 Å². The van der Waals surface area contributed by atoms with Gasteiger partial charge in [0.1, 0.15) is 0 Å². The lowest BCUT2D eigenvalue weighted by molar-refractivity contribution is 0.382. The van der Waals surface area contributed by atoms with Crippen LogP contribution in [0.2, 0.25) is 0 Å². The van der Waals surface area contributed by atoms with Crippen LogP contribution in [-0.4, -0.2) is 4.98 Å². The van der Waals surface area contributed by atoms with Gasteiger partial charge in [-0.15, -0.1) is 0 Å². The second kappa shape index (κ2) is 2.90. The molecule has 0 amide bonds. The van der Waals surface area contributed by atoms with Gasteiger partial charge in [0.05, 0.1) is 0 Å². The van der Waals surface area contributed by atoms with Crippen LogP contribution in [0.25, 0.3) is 0 Å². The van der Waals surface area contributed by atoms with Gasteiger partial charge >= 0.3 is 0 Å². The summed E-state index contributed by atoms with van der Waals surface area (Å²) < 4.78 is 6.72. The maximum absolute atomic E-state index is 5.34. The fraction of sp³-hybridized carbons (Fsp3) is 0.571. The molecule has 0 fully saturated rings. The first kappa shape index (κ1) is 9.26. The van der Waals surface area contributed by atoms with E-state index in [4.69, 9.17) is 4.42 Å². The van der Waals surface area contributed by atoms with Crippen molar-refractivity contribution in [2.45, 2.75) is 26.2 Å². The molecule has 0 saturated carbocycles. The van der Waals surface area contributed by atoms with E-state index in [0.717, 1.165) is 10.5 Å². The quantitative estimate of drug-likeness (QED) is 0.728. The number of hydrogen-bond acceptors (Lipinski definition) is 2. The van der Waals surface area contributed by atoms with Crippen LogP contribution in [0, 0.1) is 0 Å². The van der Waals surface area contributed by atoms with E-state index in [0.29, 0.717) is 4.67 Å². The molecule has 0 aliphatic carbocycles. The Labute approximate surface area is 82.6 Å². The van der Waals surface area contributed by atoms with Crippen molar-refractivity contribution in [3.8, 4) is 0 Å². The SMILES string of the molecule is CC(C)(C)c1nc(Br)c(Br)o1. The van der Waals surface area contributed by atoms with Crippen LogP contribution in [-0.2, 0) is 5.41 Å². The number of rotatable bonds is 0. The summed E-state index contributed by atoms with van der Waals surface area (Å²) in [6.45, 7) is 6.16. The standard InChI is InChI=1S/C7H9Br2NO/c1-7(2,3)6-10-4(8)5(9)11-6/h1-3H3. The van der Waals surface area contributed by atoms with Crippen LogP contribution >= 0.6 is 31.9 Å². The first-order chi connectivity index (χ1) is 4.91. The lowest BCUT2D eigenvalue weighted by Crippen LogP contribution is -2.11. The third kappa shape index (κ3) is 2.06. The molecule has 11 heavy (non-hydrogen) atoms. The number of hydrogen-bond donors (Lipinski definition) is 0. The molecule has 4 heteroatoms. The van der Waals surface area contributed by atoms with E-state index in [1.54, 1.807) is 0 Å². The molecule has 0 saturated heterocycles. The predicted octanol–water partition coefficient (Wildman–Crippen LogP) is 3.50. The minimum atomic E-state index is -0.0332. The second-order valence-electron chi connectivity index (χ2n) is 3.33. The Bertz CT molecular complexity index is 242. The summed E-state index contributed by atoms with van der Waals surface area (Å²) in [5.74, 6) is 0.733. The second-order valence-corrected chi connectivity index (χ2v) is 4.80. The Balaban J connectivity index is 3.08. The highest BCUT2D eigenvalue weighted by atomic mass is 79.9. The minimum Gasteiger partial charge on any atom is -0.432 e. The van der Waals surface area contributed by atoms with E-state index < -0.39 is 0 Å². The molecule has 0 aromatic carbocycles. The molecule has 1 heterocycles. The fourth-order valence-corrected chi connectivity index (χ4v) is 1.09. The number of oxazole rings is 1. The third-order valence-electron chi connectivity index (χ3n) is 1.19. The maximum atomic E-state index is 5.34. The van der Waals surface area contributed by atoms with Crippen LogP contribution in [0.1, 0.15) is 26.7 Å². The van der Waals surface area contributed by atoms with Crippen molar-refractivity contribution in [1.82, 2.24) is 4.98 Å². The molecular formula is C7H9Br2NO. The number of aromatic nitrogens is 1. The van der Waals surface area contributed by atoms with Crippen molar-refractivity contribution in [3.05, 3.63) is 15.2 Å². The average molecular weight is 283 g/mol. The van der Waals surface area contributed by atoms with Crippen molar-refractivity contribution < 1.29 is 4.42 Å². The molecule has 0 bridgehead atoms. The summed E-state index contributed by atoms with van der Waals surface area (Å²) in [5.41, 5.74) is -0.0332. The largest absolute Gasteiger partial charge is 0.432 e. The molecule has 0 N–H and O–H groups in total. The van der Waals surface area contributed by atoms with E-state index in [-0.39, 0.29) is 5.41 Å². The molecular weight excluding hydrogens is 274 g/mol. The molecule has 0 spiro atoms. The van der Waals surface area contributed by atoms with Gasteiger partial charge in [-0.05, 0) is 31.9 Å². The molecule has 1 aromatic rings. The Morgan fingerprint density at radius 1 is 1.27 bits per heavy atom. The summed E-state index contributed by atoms with van der Waals surface area (Å²) in [6, 6.07) is 0. The molecule has 0 unspecified atom stereocenters. The Morgan fingerprint density at radius 3 is 2.00 bits per heavy atom. The lowest BCUT2D eigenvalue weighted by atomic mass is 9.97. The van der Waals surface area contributed by atoms with Gasteiger partial charge in [0.25, 0.3) is 0 Å². The Hall–Kier alpha value is 0.170. The number of nitrogens with zero attached hydrogens (tertiary/aromatic N) is 1. The summed E-state index contributed by atoms with van der Waals surface area (Å²) in [5, 5.41) is 0. The van der Waals surface area contributed by atoms with Crippen molar-refractivity contribution >= 4 is 31.9 Å². The highest BCUT2D eigenvalue weighted by Gasteiger charge is 2.21. The van der Waals surface area contributed by atoms with Crippen LogP contribution in [0.4, 0.5) is 0 Å². The van der Waals surface area contributed by atoms with Crippen LogP contribution in [0.15, 0.2) is 13.7 Å². The zero-order valence-corrected chi connectivity index (χ0v) is 9.78. The molecule has 0 aliphatic rings. The van der Waals surface area contributed by atoms with Gasteiger partial charge in [-0.1, -0.05) is 20.8 Å². The summed E-state index contributed by atoms with van der Waals surface area (Å²) >= 11 is 6.49. The van der Waals surface area contributed by atoms with Crippen LogP contribution in [0.3, 0.4) is 0 Å². The lowest BCUT2D eigenvalue weighted by Gasteiger charge is -2.11. The molecule has 0 aliphatic heterocycles. The highest BCUT2D eigenvalue weighted by Crippen LogP contribution is 2.29. The zero-order chi connectivity index (χ0) is 8.65. The Kier molecular flexibility index (Phi) is 2.44. The maximum Gasteiger partial charge on any atom is 0.204 e. The van der Waals surface area contributed by atoms with E-state index in [2.05, 4.69) is 57.6 Å². The smallest absolute Gasteiger partial charge is 0.204 e. The van der Waals surface area contributed by atoms with Gasteiger partial charge < -0.3 is 4.42 Å². The highest BCUT2D eigenvalue weighted by molar-refractivity contribution is 9.13. The van der Waals surface area contributed by atoms with Gasteiger partial charge in [-0.3, -0.25) is 0 Å². The van der Waals surface area contributed by atoms with E-state index in [9.17, 15) is 0 Å². The summed E-state index contributed by atoms with van der Waals surface area (Å²) in [6.07, 6.45) is 0. The molecule has 0 radical (unpaired) electrons. The molecule has 2 nitrogen and oxygen atoms in total. The van der Waals surface area contributed by atoms with Gasteiger partial charge in [0, 0.05) is 5.41 Å². The van der Waals surface area contributed by atoms with Gasteiger partial charge in [-0.25, -0.2) is 4.98 Å². The van der Waals surface area contributed by atoms with Crippen molar-refractivity contribution in [2.75, 3.05) is 0 Å². The Morgan fingerprint density at radius 2 is 1.82 bits per heavy atom. The van der Waals surface area contributed by atoms with Gasteiger partial charge in [0.2, 0.25) is 10.6 Å². The molecule has 1 rings (SSSR count). The summed E-state index contributed by atoms with van der Waals surface area (Å²) in [7, 11) is 0. The normalized spacial score (nSPS) is 12.1. The zero-order valence-electron chi connectivity index (χ0n) is 6.61. The molecule has 0 atom stereocenters. The van der Waals surface area contributed by atoms with Gasteiger partial charge in [-0.2, -0.15) is 0 Å². The molecule has 1 aromatic heterocycles. The van der Waals surface area contributed by atoms with Crippen LogP contribution < -0.4 is 0 Å².